The van der Waals surface area contributed by atoms with Gasteiger partial charge in [-0.15, -0.1) is 0 Å². The summed E-state index contributed by atoms with van der Waals surface area (Å²) in [5.41, 5.74) is -0.810. The molecular weight excluding hydrogens is 212 g/mol. The Bertz CT molecular complexity index is 347. The van der Waals surface area contributed by atoms with Gasteiger partial charge >= 0.3 is 0 Å². The van der Waals surface area contributed by atoms with Crippen molar-refractivity contribution < 1.29 is 9.84 Å². The van der Waals surface area contributed by atoms with Crippen molar-refractivity contribution in [3.05, 3.63) is 0 Å². The molecule has 1 aliphatic heterocycles. The van der Waals surface area contributed by atoms with E-state index in [1.807, 2.05) is 6.92 Å². The van der Waals surface area contributed by atoms with Gasteiger partial charge in [-0.05, 0) is 70.6 Å². The van der Waals surface area contributed by atoms with Crippen molar-refractivity contribution in [2.24, 2.45) is 11.3 Å². The summed E-state index contributed by atoms with van der Waals surface area (Å²) in [6.07, 6.45) is 6.79. The lowest BCUT2D eigenvalue weighted by Crippen LogP contribution is -2.65. The van der Waals surface area contributed by atoms with E-state index in [0.717, 1.165) is 19.3 Å². The second-order valence-electron chi connectivity index (χ2n) is 7.66. The van der Waals surface area contributed by atoms with Crippen molar-refractivity contribution in [1.29, 1.82) is 0 Å². The molecule has 2 unspecified atom stereocenters. The SMILES string of the molecule is CC1(C)OC23C[C@@H]1CCC2(C)CCC[C@@]3(C)O. The van der Waals surface area contributed by atoms with Gasteiger partial charge in [0.2, 0.25) is 0 Å². The highest BCUT2D eigenvalue weighted by atomic mass is 16.5. The molecule has 2 heteroatoms. The number of hydrogen-bond donors (Lipinski definition) is 1. The predicted octanol–water partition coefficient (Wildman–Crippen LogP) is 3.28. The third-order valence-electron chi connectivity index (χ3n) is 6.24. The first kappa shape index (κ1) is 12.0. The summed E-state index contributed by atoms with van der Waals surface area (Å²) in [4.78, 5) is 0. The maximum Gasteiger partial charge on any atom is 0.103 e. The second-order valence-corrected chi connectivity index (χ2v) is 7.66. The molecular formula is C15H26O2. The van der Waals surface area contributed by atoms with Crippen LogP contribution in [-0.2, 0) is 4.74 Å². The predicted molar refractivity (Wildman–Crippen MR) is 67.8 cm³/mol. The number of hydrogen-bond acceptors (Lipinski definition) is 2. The molecule has 3 rings (SSSR count). The van der Waals surface area contributed by atoms with Crippen molar-refractivity contribution in [3.63, 3.8) is 0 Å². The highest BCUT2D eigenvalue weighted by molar-refractivity contribution is 5.19. The lowest BCUT2D eigenvalue weighted by molar-refractivity contribution is -0.259. The minimum atomic E-state index is -0.646. The Kier molecular flexibility index (Phi) is 2.17. The Morgan fingerprint density at radius 2 is 1.76 bits per heavy atom. The van der Waals surface area contributed by atoms with Crippen LogP contribution in [0.15, 0.2) is 0 Å². The van der Waals surface area contributed by atoms with Crippen molar-refractivity contribution in [1.82, 2.24) is 0 Å². The molecule has 1 heterocycles. The number of rotatable bonds is 0. The molecule has 0 amide bonds. The third kappa shape index (κ3) is 1.29. The summed E-state index contributed by atoms with van der Waals surface area (Å²) in [6.45, 7) is 8.78. The minimum Gasteiger partial charge on any atom is -0.387 e. The zero-order valence-electron chi connectivity index (χ0n) is 11.7. The summed E-state index contributed by atoms with van der Waals surface area (Å²) in [5, 5.41) is 10.9. The Balaban J connectivity index is 2.10. The third-order valence-corrected chi connectivity index (χ3v) is 6.24. The Morgan fingerprint density at radius 3 is 2.47 bits per heavy atom. The summed E-state index contributed by atoms with van der Waals surface area (Å²) in [5.74, 6) is 0.625. The van der Waals surface area contributed by atoms with Crippen molar-refractivity contribution in [3.8, 4) is 0 Å². The molecule has 2 nitrogen and oxygen atoms in total. The topological polar surface area (TPSA) is 29.5 Å². The zero-order valence-corrected chi connectivity index (χ0v) is 11.7. The lowest BCUT2D eigenvalue weighted by Gasteiger charge is -2.58. The van der Waals surface area contributed by atoms with Crippen LogP contribution in [0.4, 0.5) is 0 Å². The normalized spacial score (nSPS) is 56.6. The van der Waals surface area contributed by atoms with Gasteiger partial charge in [-0.3, -0.25) is 0 Å². The molecule has 0 aromatic heterocycles. The highest BCUT2D eigenvalue weighted by Gasteiger charge is 2.70. The van der Waals surface area contributed by atoms with E-state index in [4.69, 9.17) is 4.74 Å². The molecule has 0 radical (unpaired) electrons. The van der Waals surface area contributed by atoms with Gasteiger partial charge in [-0.25, -0.2) is 0 Å². The molecule has 2 aliphatic carbocycles. The molecule has 0 aromatic rings. The van der Waals surface area contributed by atoms with Crippen molar-refractivity contribution >= 4 is 0 Å². The summed E-state index contributed by atoms with van der Waals surface area (Å²) in [6, 6.07) is 0. The fourth-order valence-corrected chi connectivity index (χ4v) is 5.01. The molecule has 1 spiro atoms. The van der Waals surface area contributed by atoms with E-state index in [1.165, 1.54) is 19.3 Å². The molecule has 2 saturated carbocycles. The van der Waals surface area contributed by atoms with Crippen LogP contribution in [0.3, 0.4) is 0 Å². The van der Waals surface area contributed by atoms with Crippen LogP contribution in [0.5, 0.6) is 0 Å². The first-order valence-corrected chi connectivity index (χ1v) is 7.15. The fourth-order valence-electron chi connectivity index (χ4n) is 5.01. The van der Waals surface area contributed by atoms with Crippen molar-refractivity contribution in [2.75, 3.05) is 0 Å². The van der Waals surface area contributed by atoms with Crippen LogP contribution in [0.25, 0.3) is 0 Å². The standard InChI is InChI=1S/C15H26O2/c1-12(2)11-6-9-13(3)7-5-8-14(4,16)15(13,10-11)17-12/h11,16H,5-10H2,1-4H3/t11-,13?,14+,15?/m0/s1. The van der Waals surface area contributed by atoms with Crippen LogP contribution in [0, 0.1) is 11.3 Å². The fraction of sp³-hybridized carbons (Fsp3) is 1.00. The minimum absolute atomic E-state index is 0.0565. The Labute approximate surface area is 105 Å². The van der Waals surface area contributed by atoms with Gasteiger partial charge in [0.25, 0.3) is 0 Å². The first-order chi connectivity index (χ1) is 7.73. The highest BCUT2D eigenvalue weighted by Crippen LogP contribution is 2.66. The molecule has 3 aliphatic rings. The van der Waals surface area contributed by atoms with E-state index in [1.54, 1.807) is 0 Å². The van der Waals surface area contributed by atoms with Gasteiger partial charge in [0.15, 0.2) is 0 Å². The number of fused-ring (bicyclic) bond motifs is 1. The van der Waals surface area contributed by atoms with Gasteiger partial charge in [-0.1, -0.05) is 6.92 Å². The quantitative estimate of drug-likeness (QED) is 0.702. The van der Waals surface area contributed by atoms with Crippen LogP contribution >= 0.6 is 0 Å². The molecule has 1 N–H and O–H groups in total. The lowest BCUT2D eigenvalue weighted by atomic mass is 9.51. The van der Waals surface area contributed by atoms with E-state index >= 15 is 0 Å². The molecule has 1 saturated heterocycles. The van der Waals surface area contributed by atoms with Crippen LogP contribution < -0.4 is 0 Å². The van der Waals surface area contributed by atoms with Gasteiger partial charge in [0, 0.05) is 0 Å². The van der Waals surface area contributed by atoms with E-state index in [2.05, 4.69) is 20.8 Å². The van der Waals surface area contributed by atoms with Crippen LogP contribution in [-0.4, -0.2) is 21.9 Å². The summed E-state index contributed by atoms with van der Waals surface area (Å²) in [7, 11) is 0. The molecule has 17 heavy (non-hydrogen) atoms. The monoisotopic (exact) mass is 238 g/mol. The van der Waals surface area contributed by atoms with E-state index in [-0.39, 0.29) is 16.6 Å². The summed E-state index contributed by atoms with van der Waals surface area (Å²) >= 11 is 0. The average Bonchev–Trinajstić information content (AvgIpc) is 2.42. The maximum absolute atomic E-state index is 10.9. The van der Waals surface area contributed by atoms with E-state index in [0.29, 0.717) is 5.92 Å². The Hall–Kier alpha value is -0.0800. The van der Waals surface area contributed by atoms with Gasteiger partial charge in [0.1, 0.15) is 5.60 Å². The van der Waals surface area contributed by atoms with Crippen LogP contribution in [0.1, 0.15) is 66.2 Å². The number of ether oxygens (including phenoxy) is 1. The van der Waals surface area contributed by atoms with Crippen LogP contribution in [0.2, 0.25) is 0 Å². The average molecular weight is 238 g/mol. The van der Waals surface area contributed by atoms with E-state index < -0.39 is 5.60 Å². The van der Waals surface area contributed by atoms with Gasteiger partial charge < -0.3 is 9.84 Å². The molecule has 3 fully saturated rings. The molecule has 0 aromatic carbocycles. The smallest absolute Gasteiger partial charge is 0.103 e. The Morgan fingerprint density at radius 1 is 1.06 bits per heavy atom. The van der Waals surface area contributed by atoms with Crippen molar-refractivity contribution in [2.45, 2.75) is 83.0 Å². The molecule has 4 atom stereocenters. The molecule has 98 valence electrons. The number of aliphatic hydroxyl groups is 1. The maximum atomic E-state index is 10.9. The van der Waals surface area contributed by atoms with E-state index in [9.17, 15) is 5.11 Å². The summed E-state index contributed by atoms with van der Waals surface area (Å²) < 4.78 is 6.53. The molecule has 2 bridgehead atoms. The second kappa shape index (κ2) is 3.08. The first-order valence-electron chi connectivity index (χ1n) is 7.15. The van der Waals surface area contributed by atoms with Gasteiger partial charge in [-0.2, -0.15) is 0 Å². The largest absolute Gasteiger partial charge is 0.387 e. The zero-order chi connectivity index (χ0) is 12.5. The van der Waals surface area contributed by atoms with Gasteiger partial charge in [0.05, 0.1) is 11.2 Å².